The molecule has 0 spiro atoms. The van der Waals surface area contributed by atoms with Gasteiger partial charge in [-0.1, -0.05) is 0 Å². The predicted octanol–water partition coefficient (Wildman–Crippen LogP) is 1.26. The van der Waals surface area contributed by atoms with Crippen molar-refractivity contribution in [1.82, 2.24) is 5.32 Å². The summed E-state index contributed by atoms with van der Waals surface area (Å²) >= 11 is 0. The normalized spacial score (nSPS) is 19.1. The smallest absolute Gasteiger partial charge is 0.182 e. The SMILES string of the molecule is COc1cc(CC2CCNC2)cc(OC)c1S(C)(=O)=O. The Kier molecular flexibility index (Phi) is 4.55. The van der Waals surface area contributed by atoms with Gasteiger partial charge in [-0.15, -0.1) is 0 Å². The monoisotopic (exact) mass is 299 g/mol. The zero-order valence-corrected chi connectivity index (χ0v) is 12.9. The minimum Gasteiger partial charge on any atom is -0.495 e. The Balaban J connectivity index is 2.41. The van der Waals surface area contributed by atoms with Gasteiger partial charge in [0.05, 0.1) is 14.2 Å². The van der Waals surface area contributed by atoms with Gasteiger partial charge < -0.3 is 14.8 Å². The van der Waals surface area contributed by atoms with E-state index in [9.17, 15) is 8.42 Å². The fourth-order valence-electron chi connectivity index (χ4n) is 2.64. The summed E-state index contributed by atoms with van der Waals surface area (Å²) in [4.78, 5) is 0.121. The van der Waals surface area contributed by atoms with E-state index in [0.717, 1.165) is 37.8 Å². The van der Waals surface area contributed by atoms with Crippen LogP contribution in [0.2, 0.25) is 0 Å². The van der Waals surface area contributed by atoms with Gasteiger partial charge in [0.25, 0.3) is 0 Å². The second-order valence-corrected chi connectivity index (χ2v) is 7.12. The molecule has 0 amide bonds. The summed E-state index contributed by atoms with van der Waals surface area (Å²) < 4.78 is 34.2. The fourth-order valence-corrected chi connectivity index (χ4v) is 3.65. The van der Waals surface area contributed by atoms with Gasteiger partial charge in [0, 0.05) is 6.26 Å². The molecule has 1 saturated heterocycles. The van der Waals surface area contributed by atoms with Gasteiger partial charge in [0.15, 0.2) is 14.7 Å². The van der Waals surface area contributed by atoms with Crippen molar-refractivity contribution in [2.24, 2.45) is 5.92 Å². The Hall–Kier alpha value is -1.27. The summed E-state index contributed by atoms with van der Waals surface area (Å²) in [5.74, 6) is 1.29. The van der Waals surface area contributed by atoms with Crippen molar-refractivity contribution >= 4 is 9.84 Å². The highest BCUT2D eigenvalue weighted by Gasteiger charge is 2.23. The summed E-state index contributed by atoms with van der Waals surface area (Å²) in [5, 5.41) is 3.33. The molecule has 0 saturated carbocycles. The van der Waals surface area contributed by atoms with E-state index in [1.807, 2.05) is 0 Å². The lowest BCUT2D eigenvalue weighted by molar-refractivity contribution is 0.372. The van der Waals surface area contributed by atoms with Crippen molar-refractivity contribution < 1.29 is 17.9 Å². The van der Waals surface area contributed by atoms with Crippen LogP contribution in [0.5, 0.6) is 11.5 Å². The van der Waals surface area contributed by atoms with Crippen LogP contribution in [-0.4, -0.2) is 42.0 Å². The summed E-state index contributed by atoms with van der Waals surface area (Å²) in [6.07, 6.45) is 3.19. The molecular formula is C14H21NO4S. The number of benzene rings is 1. The number of hydrogen-bond acceptors (Lipinski definition) is 5. The predicted molar refractivity (Wildman–Crippen MR) is 77.3 cm³/mol. The Morgan fingerprint density at radius 2 is 1.85 bits per heavy atom. The average Bonchev–Trinajstić information content (AvgIpc) is 2.89. The number of rotatable bonds is 5. The van der Waals surface area contributed by atoms with E-state index in [4.69, 9.17) is 9.47 Å². The van der Waals surface area contributed by atoms with E-state index in [2.05, 4.69) is 5.32 Å². The molecule has 1 aliphatic heterocycles. The van der Waals surface area contributed by atoms with Crippen molar-refractivity contribution in [3.63, 3.8) is 0 Å². The third-order valence-electron chi connectivity index (χ3n) is 3.58. The molecule has 5 nitrogen and oxygen atoms in total. The molecular weight excluding hydrogens is 278 g/mol. The third kappa shape index (κ3) is 3.24. The zero-order chi connectivity index (χ0) is 14.8. The zero-order valence-electron chi connectivity index (χ0n) is 12.1. The maximum Gasteiger partial charge on any atom is 0.182 e. The highest BCUT2D eigenvalue weighted by molar-refractivity contribution is 7.91. The molecule has 2 rings (SSSR count). The highest BCUT2D eigenvalue weighted by atomic mass is 32.2. The summed E-state index contributed by atoms with van der Waals surface area (Å²) in [6, 6.07) is 3.61. The van der Waals surface area contributed by atoms with E-state index in [-0.39, 0.29) is 4.90 Å². The standard InChI is InChI=1S/C14H21NO4S/c1-18-12-7-11(6-10-4-5-15-9-10)8-13(19-2)14(12)20(3,16)17/h7-8,10,15H,4-6,9H2,1-3H3. The number of methoxy groups -OCH3 is 2. The lowest BCUT2D eigenvalue weighted by Gasteiger charge is -2.15. The van der Waals surface area contributed by atoms with Gasteiger partial charge in [0.2, 0.25) is 0 Å². The fraction of sp³-hybridized carbons (Fsp3) is 0.571. The van der Waals surface area contributed by atoms with Gasteiger partial charge >= 0.3 is 0 Å². The molecule has 0 radical (unpaired) electrons. The van der Waals surface area contributed by atoms with Crippen LogP contribution in [0.25, 0.3) is 0 Å². The van der Waals surface area contributed by atoms with Crippen molar-refractivity contribution in [2.45, 2.75) is 17.7 Å². The Morgan fingerprint density at radius 1 is 1.25 bits per heavy atom. The topological polar surface area (TPSA) is 64.6 Å². The van der Waals surface area contributed by atoms with Gasteiger partial charge in [-0.05, 0) is 49.5 Å². The van der Waals surface area contributed by atoms with Crippen molar-refractivity contribution in [3.05, 3.63) is 17.7 Å². The number of nitrogens with one attached hydrogen (secondary N) is 1. The molecule has 1 aromatic rings. The number of sulfone groups is 1. The van der Waals surface area contributed by atoms with Crippen LogP contribution in [-0.2, 0) is 16.3 Å². The maximum absolute atomic E-state index is 11.9. The number of ether oxygens (including phenoxy) is 2. The van der Waals surface area contributed by atoms with E-state index >= 15 is 0 Å². The van der Waals surface area contributed by atoms with Crippen LogP contribution in [0.4, 0.5) is 0 Å². The minimum absolute atomic E-state index is 0.121. The van der Waals surface area contributed by atoms with Gasteiger partial charge in [-0.2, -0.15) is 0 Å². The van der Waals surface area contributed by atoms with Gasteiger partial charge in [-0.3, -0.25) is 0 Å². The summed E-state index contributed by atoms with van der Waals surface area (Å²) in [7, 11) is -0.442. The molecule has 1 aromatic carbocycles. The molecule has 1 N–H and O–H groups in total. The van der Waals surface area contributed by atoms with Crippen LogP contribution in [0, 0.1) is 5.92 Å². The Labute approximate surface area is 120 Å². The molecule has 1 unspecified atom stereocenters. The molecule has 0 bridgehead atoms. The second kappa shape index (κ2) is 6.01. The van der Waals surface area contributed by atoms with E-state index in [0.29, 0.717) is 17.4 Å². The van der Waals surface area contributed by atoms with Gasteiger partial charge in [0.1, 0.15) is 11.5 Å². The molecule has 1 atom stereocenters. The quantitative estimate of drug-likeness (QED) is 0.887. The Bertz CT molecular complexity index is 552. The average molecular weight is 299 g/mol. The lowest BCUT2D eigenvalue weighted by atomic mass is 9.98. The first-order valence-corrected chi connectivity index (χ1v) is 8.50. The van der Waals surface area contributed by atoms with Gasteiger partial charge in [-0.25, -0.2) is 8.42 Å². The first-order valence-electron chi connectivity index (χ1n) is 6.61. The summed E-state index contributed by atoms with van der Waals surface area (Å²) in [5.41, 5.74) is 1.04. The van der Waals surface area contributed by atoms with E-state index < -0.39 is 9.84 Å². The largest absolute Gasteiger partial charge is 0.495 e. The van der Waals surface area contributed by atoms with E-state index in [1.54, 1.807) is 12.1 Å². The van der Waals surface area contributed by atoms with Crippen LogP contribution >= 0.6 is 0 Å². The first-order chi connectivity index (χ1) is 9.45. The molecule has 1 heterocycles. The number of hydrogen-bond donors (Lipinski definition) is 1. The maximum atomic E-state index is 11.9. The molecule has 20 heavy (non-hydrogen) atoms. The molecule has 1 fully saturated rings. The molecule has 6 heteroatoms. The lowest BCUT2D eigenvalue weighted by Crippen LogP contribution is -2.11. The second-order valence-electron chi connectivity index (χ2n) is 5.16. The highest BCUT2D eigenvalue weighted by Crippen LogP contribution is 2.35. The summed E-state index contributed by atoms with van der Waals surface area (Å²) in [6.45, 7) is 2.04. The Morgan fingerprint density at radius 3 is 2.25 bits per heavy atom. The van der Waals surface area contributed by atoms with Crippen molar-refractivity contribution in [2.75, 3.05) is 33.6 Å². The molecule has 112 valence electrons. The van der Waals surface area contributed by atoms with Crippen LogP contribution in [0.3, 0.4) is 0 Å². The van der Waals surface area contributed by atoms with Crippen LogP contribution in [0.15, 0.2) is 17.0 Å². The third-order valence-corrected chi connectivity index (χ3v) is 4.72. The minimum atomic E-state index is -3.39. The molecule has 0 aliphatic carbocycles. The first kappa shape index (κ1) is 15.1. The van der Waals surface area contributed by atoms with Crippen LogP contribution in [0.1, 0.15) is 12.0 Å². The van der Waals surface area contributed by atoms with Crippen LogP contribution < -0.4 is 14.8 Å². The van der Waals surface area contributed by atoms with E-state index in [1.165, 1.54) is 14.2 Å². The van der Waals surface area contributed by atoms with Crippen molar-refractivity contribution in [1.29, 1.82) is 0 Å². The molecule has 0 aromatic heterocycles. The molecule has 1 aliphatic rings. The van der Waals surface area contributed by atoms with Crippen molar-refractivity contribution in [3.8, 4) is 11.5 Å².